The van der Waals surface area contributed by atoms with Crippen molar-refractivity contribution < 1.29 is 38.1 Å². The molecule has 8 nitrogen and oxygen atoms in total. The number of carbonyl (C=O) groups excluding carboxylic acids is 4. The lowest BCUT2D eigenvalue weighted by molar-refractivity contribution is -0.225. The zero-order chi connectivity index (χ0) is 35.8. The SMILES string of the molecule is CCCCCCCCOC(=O)CC[C@@H](C)[C@H]1CC[C@H]2[C@@H]3C(OC(=O)CC)C[C@@H]4CC(OC(=O)CC)CC[C@]4(C)[C@H]3C[C@H](OC(=O)CC)[C@]12C. The highest BCUT2D eigenvalue weighted by Crippen LogP contribution is 2.69. The Labute approximate surface area is 296 Å². The Bertz CT molecular complexity index is 1120. The van der Waals surface area contributed by atoms with Crippen molar-refractivity contribution in [1.82, 2.24) is 0 Å². The fraction of sp³-hybridized carbons (Fsp3) is 0.902. The van der Waals surface area contributed by atoms with E-state index in [1.54, 1.807) is 0 Å². The summed E-state index contributed by atoms with van der Waals surface area (Å²) in [5, 5.41) is 0. The van der Waals surface area contributed by atoms with E-state index in [-0.39, 0.29) is 88.5 Å². The molecule has 0 amide bonds. The van der Waals surface area contributed by atoms with Crippen LogP contribution in [0.3, 0.4) is 0 Å². The molecule has 0 aliphatic heterocycles. The van der Waals surface area contributed by atoms with Crippen molar-refractivity contribution in [1.29, 1.82) is 0 Å². The van der Waals surface area contributed by atoms with Gasteiger partial charge in [-0.3, -0.25) is 19.2 Å². The minimum absolute atomic E-state index is 0.0312. The number of hydrogen-bond acceptors (Lipinski definition) is 8. The Morgan fingerprint density at radius 2 is 1.37 bits per heavy atom. The second-order valence-corrected chi connectivity index (χ2v) is 16.5. The van der Waals surface area contributed by atoms with Crippen LogP contribution in [0.2, 0.25) is 0 Å². The van der Waals surface area contributed by atoms with Gasteiger partial charge in [-0.2, -0.15) is 0 Å². The van der Waals surface area contributed by atoms with Gasteiger partial charge in [0.2, 0.25) is 0 Å². The number of ether oxygens (including phenoxy) is 4. The third kappa shape index (κ3) is 9.04. The van der Waals surface area contributed by atoms with Gasteiger partial charge in [-0.15, -0.1) is 0 Å². The zero-order valence-corrected chi connectivity index (χ0v) is 31.9. The lowest BCUT2D eigenvalue weighted by Crippen LogP contribution is -2.63. The van der Waals surface area contributed by atoms with Crippen LogP contribution in [0, 0.1) is 46.3 Å². The number of unbranched alkanes of at least 4 members (excludes halogenated alkanes) is 5. The summed E-state index contributed by atoms with van der Waals surface area (Å²) in [7, 11) is 0. The maximum atomic E-state index is 13.0. The molecule has 0 aromatic rings. The van der Waals surface area contributed by atoms with Crippen LogP contribution >= 0.6 is 0 Å². The monoisotopic (exact) mass is 688 g/mol. The molecule has 8 heteroatoms. The normalized spacial score (nSPS) is 35.7. The minimum atomic E-state index is -0.290. The van der Waals surface area contributed by atoms with Gasteiger partial charge in [0.1, 0.15) is 18.3 Å². The lowest BCUT2D eigenvalue weighted by Gasteiger charge is -2.64. The molecule has 4 fully saturated rings. The summed E-state index contributed by atoms with van der Waals surface area (Å²) < 4.78 is 24.3. The fourth-order valence-corrected chi connectivity index (χ4v) is 10.9. The van der Waals surface area contributed by atoms with Gasteiger partial charge in [0.15, 0.2) is 0 Å². The molecule has 0 heterocycles. The molecular weight excluding hydrogens is 620 g/mol. The second-order valence-electron chi connectivity index (χ2n) is 16.5. The molecule has 0 radical (unpaired) electrons. The summed E-state index contributed by atoms with van der Waals surface area (Å²) in [4.78, 5) is 51.0. The Kier molecular flexibility index (Phi) is 14.5. The molecule has 0 saturated heterocycles. The van der Waals surface area contributed by atoms with Gasteiger partial charge in [0, 0.05) is 37.0 Å². The van der Waals surface area contributed by atoms with E-state index >= 15 is 0 Å². The van der Waals surface area contributed by atoms with E-state index in [0.29, 0.717) is 32.3 Å². The first-order valence-electron chi connectivity index (χ1n) is 20.2. The second kappa shape index (κ2) is 17.9. The van der Waals surface area contributed by atoms with Crippen LogP contribution in [0.4, 0.5) is 0 Å². The Balaban J connectivity index is 1.53. The summed E-state index contributed by atoms with van der Waals surface area (Å²) in [5.41, 5.74) is -0.321. The van der Waals surface area contributed by atoms with Crippen LogP contribution < -0.4 is 0 Å². The van der Waals surface area contributed by atoms with Gasteiger partial charge in [-0.25, -0.2) is 0 Å². The average molecular weight is 689 g/mol. The van der Waals surface area contributed by atoms with Crippen molar-refractivity contribution in [2.24, 2.45) is 46.3 Å². The first-order chi connectivity index (χ1) is 23.4. The number of hydrogen-bond donors (Lipinski definition) is 0. The van der Waals surface area contributed by atoms with Crippen molar-refractivity contribution in [2.45, 2.75) is 182 Å². The highest BCUT2D eigenvalue weighted by atomic mass is 16.6. The molecular formula is C41H68O8. The predicted octanol–water partition coefficient (Wildman–Crippen LogP) is 9.15. The fourth-order valence-electron chi connectivity index (χ4n) is 10.9. The van der Waals surface area contributed by atoms with Crippen LogP contribution in [0.5, 0.6) is 0 Å². The quantitative estimate of drug-likeness (QED) is 0.0847. The van der Waals surface area contributed by atoms with E-state index < -0.39 is 0 Å². The molecule has 11 atom stereocenters. The zero-order valence-electron chi connectivity index (χ0n) is 31.9. The number of fused-ring (bicyclic) bond motifs is 5. The Hall–Kier alpha value is -2.12. The topological polar surface area (TPSA) is 105 Å². The van der Waals surface area contributed by atoms with Gasteiger partial charge in [-0.05, 0) is 92.8 Å². The third-order valence-corrected chi connectivity index (χ3v) is 13.7. The standard InChI is InChI=1S/C41H68O8/c1-8-12-13-14-15-16-23-46-38(45)20-17-27(5)30-18-19-31-39-32(26-34(41(30,31)7)49-37(44)11-4)40(6)22-21-29(47-35(42)9-2)24-28(40)25-33(39)48-36(43)10-3/h27-34,39H,8-26H2,1-7H3/t27-,28+,29?,30-,31+,32+,33?,34+,39+,40+,41-/m1/s1. The Morgan fingerprint density at radius 1 is 0.714 bits per heavy atom. The largest absolute Gasteiger partial charge is 0.466 e. The molecule has 0 aromatic heterocycles. The van der Waals surface area contributed by atoms with Crippen LogP contribution in [-0.2, 0) is 38.1 Å². The molecule has 0 bridgehead atoms. The highest BCUT2D eigenvalue weighted by Gasteiger charge is 2.67. The van der Waals surface area contributed by atoms with Crippen molar-refractivity contribution in [2.75, 3.05) is 6.61 Å². The van der Waals surface area contributed by atoms with Gasteiger partial charge < -0.3 is 18.9 Å². The van der Waals surface area contributed by atoms with E-state index in [1.165, 1.54) is 25.7 Å². The molecule has 4 aliphatic carbocycles. The Morgan fingerprint density at radius 3 is 2.06 bits per heavy atom. The molecule has 4 rings (SSSR count). The first-order valence-corrected chi connectivity index (χ1v) is 20.2. The van der Waals surface area contributed by atoms with E-state index in [2.05, 4.69) is 27.7 Å². The minimum Gasteiger partial charge on any atom is -0.466 e. The average Bonchev–Trinajstić information content (AvgIpc) is 3.45. The highest BCUT2D eigenvalue weighted by molar-refractivity contribution is 5.70. The van der Waals surface area contributed by atoms with Crippen molar-refractivity contribution >= 4 is 23.9 Å². The molecule has 4 saturated carbocycles. The summed E-state index contributed by atoms with van der Waals surface area (Å²) in [5.74, 6) is 0.801. The summed E-state index contributed by atoms with van der Waals surface area (Å²) in [6.07, 6.45) is 14.6. The summed E-state index contributed by atoms with van der Waals surface area (Å²) >= 11 is 0. The van der Waals surface area contributed by atoms with Crippen molar-refractivity contribution in [3.05, 3.63) is 0 Å². The summed E-state index contributed by atoms with van der Waals surface area (Å²) in [6.45, 7) is 15.2. The van der Waals surface area contributed by atoms with E-state index in [9.17, 15) is 19.2 Å². The van der Waals surface area contributed by atoms with E-state index in [1.807, 2.05) is 20.8 Å². The van der Waals surface area contributed by atoms with Crippen LogP contribution in [0.25, 0.3) is 0 Å². The number of rotatable bonds is 17. The molecule has 49 heavy (non-hydrogen) atoms. The van der Waals surface area contributed by atoms with Gasteiger partial charge in [0.25, 0.3) is 0 Å². The van der Waals surface area contributed by atoms with E-state index in [4.69, 9.17) is 18.9 Å². The van der Waals surface area contributed by atoms with Gasteiger partial charge in [-0.1, -0.05) is 80.6 Å². The van der Waals surface area contributed by atoms with Gasteiger partial charge in [0.05, 0.1) is 6.61 Å². The maximum Gasteiger partial charge on any atom is 0.305 e. The molecule has 2 unspecified atom stereocenters. The molecule has 280 valence electrons. The summed E-state index contributed by atoms with van der Waals surface area (Å²) in [6, 6.07) is 0. The first kappa shape index (κ1) is 39.7. The smallest absolute Gasteiger partial charge is 0.305 e. The molecule has 0 aromatic carbocycles. The van der Waals surface area contributed by atoms with Crippen LogP contribution in [-0.4, -0.2) is 48.8 Å². The van der Waals surface area contributed by atoms with Gasteiger partial charge >= 0.3 is 23.9 Å². The molecule has 4 aliphatic rings. The molecule has 0 spiro atoms. The lowest BCUT2D eigenvalue weighted by atomic mass is 9.43. The third-order valence-electron chi connectivity index (χ3n) is 13.7. The number of carbonyl (C=O) groups is 4. The van der Waals surface area contributed by atoms with Crippen molar-refractivity contribution in [3.8, 4) is 0 Å². The van der Waals surface area contributed by atoms with Crippen LogP contribution in [0.15, 0.2) is 0 Å². The van der Waals surface area contributed by atoms with E-state index in [0.717, 1.165) is 64.2 Å². The number of esters is 4. The molecule has 0 N–H and O–H groups in total. The van der Waals surface area contributed by atoms with Crippen LogP contribution in [0.1, 0.15) is 164 Å². The maximum absolute atomic E-state index is 13.0. The van der Waals surface area contributed by atoms with Crippen molar-refractivity contribution in [3.63, 3.8) is 0 Å². The predicted molar refractivity (Wildman–Crippen MR) is 189 cm³/mol.